The van der Waals surface area contributed by atoms with Crippen molar-refractivity contribution < 1.29 is 0 Å². The van der Waals surface area contributed by atoms with Crippen LogP contribution in [0.1, 0.15) is 59.3 Å². The second kappa shape index (κ2) is 4.39. The summed E-state index contributed by atoms with van der Waals surface area (Å²) in [5.41, 5.74) is 3.93. The predicted molar refractivity (Wildman–Crippen MR) is 71.4 cm³/mol. The first-order valence-electron chi connectivity index (χ1n) is 7.04. The quantitative estimate of drug-likeness (QED) is 0.617. The van der Waals surface area contributed by atoms with Gasteiger partial charge < -0.3 is 0 Å². The second-order valence-electron chi connectivity index (χ2n) is 5.73. The van der Waals surface area contributed by atoms with E-state index in [2.05, 4.69) is 33.4 Å². The third-order valence-corrected chi connectivity index (χ3v) is 5.54. The van der Waals surface area contributed by atoms with Crippen molar-refractivity contribution in [1.82, 2.24) is 0 Å². The maximum absolute atomic E-state index is 4.08. The average Bonchev–Trinajstić information content (AvgIpc) is 2.66. The van der Waals surface area contributed by atoms with E-state index in [1.54, 1.807) is 11.1 Å². The summed E-state index contributed by atoms with van der Waals surface area (Å²) in [6.07, 6.45) is 10.3. The Hall–Kier alpha value is -0.520. The Morgan fingerprint density at radius 2 is 2.12 bits per heavy atom. The molecule has 0 radical (unpaired) electrons. The fraction of sp³-hybridized carbons (Fsp3) is 0.750. The molecule has 0 saturated heterocycles. The van der Waals surface area contributed by atoms with Crippen LogP contribution in [0.4, 0.5) is 0 Å². The molecule has 0 heteroatoms. The molecule has 0 heterocycles. The number of allylic oxidation sites excluding steroid dienone is 3. The smallest absolute Gasteiger partial charge is 0.0103 e. The molecule has 0 aromatic rings. The van der Waals surface area contributed by atoms with Crippen molar-refractivity contribution in [3.8, 4) is 0 Å². The van der Waals surface area contributed by atoms with Crippen LogP contribution in [0.15, 0.2) is 23.8 Å². The van der Waals surface area contributed by atoms with Gasteiger partial charge in [-0.2, -0.15) is 0 Å². The van der Waals surface area contributed by atoms with Gasteiger partial charge in [-0.3, -0.25) is 0 Å². The molecule has 3 unspecified atom stereocenters. The molecule has 2 rings (SSSR count). The highest BCUT2D eigenvalue weighted by Gasteiger charge is 2.49. The number of hydrogen-bond donors (Lipinski definition) is 0. The van der Waals surface area contributed by atoms with Crippen LogP contribution >= 0.6 is 0 Å². The van der Waals surface area contributed by atoms with Crippen molar-refractivity contribution in [3.63, 3.8) is 0 Å². The molecule has 0 spiro atoms. The Kier molecular flexibility index (Phi) is 3.28. The zero-order chi connectivity index (χ0) is 11.8. The van der Waals surface area contributed by atoms with Crippen LogP contribution in [0, 0.1) is 17.3 Å². The van der Waals surface area contributed by atoms with Crippen LogP contribution in [0.3, 0.4) is 0 Å². The van der Waals surface area contributed by atoms with Gasteiger partial charge in [-0.15, -0.1) is 0 Å². The maximum Gasteiger partial charge on any atom is -0.0103 e. The summed E-state index contributed by atoms with van der Waals surface area (Å²) in [5, 5.41) is 0. The van der Waals surface area contributed by atoms with E-state index in [1.165, 1.54) is 38.5 Å². The molecule has 16 heavy (non-hydrogen) atoms. The van der Waals surface area contributed by atoms with Gasteiger partial charge in [0.1, 0.15) is 0 Å². The van der Waals surface area contributed by atoms with E-state index in [1.807, 2.05) is 0 Å². The molecule has 2 aliphatic rings. The summed E-state index contributed by atoms with van der Waals surface area (Å²) in [5.74, 6) is 1.74. The SMILES string of the molecule is C=CC1=C(CC)CCC2(CC)C(C)CCC12. The Bertz CT molecular complexity index is 310. The maximum atomic E-state index is 4.08. The first-order chi connectivity index (χ1) is 7.69. The lowest BCUT2D eigenvalue weighted by Gasteiger charge is -2.44. The average molecular weight is 218 g/mol. The van der Waals surface area contributed by atoms with Gasteiger partial charge in [-0.25, -0.2) is 0 Å². The Balaban J connectivity index is 2.41. The summed E-state index contributed by atoms with van der Waals surface area (Å²) in [6, 6.07) is 0. The highest BCUT2D eigenvalue weighted by Crippen LogP contribution is 2.59. The van der Waals surface area contributed by atoms with E-state index in [-0.39, 0.29) is 0 Å². The summed E-state index contributed by atoms with van der Waals surface area (Å²) >= 11 is 0. The van der Waals surface area contributed by atoms with Crippen LogP contribution in [0.2, 0.25) is 0 Å². The van der Waals surface area contributed by atoms with Gasteiger partial charge in [-0.05, 0) is 61.3 Å². The molecule has 90 valence electrons. The highest BCUT2D eigenvalue weighted by molar-refractivity contribution is 5.33. The molecule has 0 aromatic carbocycles. The molecule has 0 N–H and O–H groups in total. The molecule has 3 atom stereocenters. The van der Waals surface area contributed by atoms with Crippen molar-refractivity contribution in [2.45, 2.75) is 59.3 Å². The van der Waals surface area contributed by atoms with Gasteiger partial charge in [0.15, 0.2) is 0 Å². The molecular weight excluding hydrogens is 192 g/mol. The highest BCUT2D eigenvalue weighted by atomic mass is 14.5. The van der Waals surface area contributed by atoms with E-state index in [0.717, 1.165) is 11.8 Å². The molecule has 1 saturated carbocycles. The molecule has 0 amide bonds. The largest absolute Gasteiger partial charge is 0.0988 e. The lowest BCUT2D eigenvalue weighted by molar-refractivity contribution is 0.130. The molecule has 0 aromatic heterocycles. The van der Waals surface area contributed by atoms with Gasteiger partial charge in [0.2, 0.25) is 0 Å². The molecule has 0 aliphatic heterocycles. The van der Waals surface area contributed by atoms with Crippen molar-refractivity contribution >= 4 is 0 Å². The van der Waals surface area contributed by atoms with Crippen molar-refractivity contribution in [2.75, 3.05) is 0 Å². The van der Waals surface area contributed by atoms with E-state index in [0.29, 0.717) is 5.41 Å². The monoisotopic (exact) mass is 218 g/mol. The lowest BCUT2D eigenvalue weighted by atomic mass is 9.61. The minimum Gasteiger partial charge on any atom is -0.0988 e. The third kappa shape index (κ3) is 1.49. The minimum atomic E-state index is 0.613. The summed E-state index contributed by atoms with van der Waals surface area (Å²) < 4.78 is 0. The summed E-state index contributed by atoms with van der Waals surface area (Å²) in [7, 11) is 0. The van der Waals surface area contributed by atoms with E-state index in [4.69, 9.17) is 0 Å². The topological polar surface area (TPSA) is 0 Å². The Morgan fingerprint density at radius 3 is 2.69 bits per heavy atom. The Morgan fingerprint density at radius 1 is 1.38 bits per heavy atom. The lowest BCUT2D eigenvalue weighted by Crippen LogP contribution is -2.34. The summed E-state index contributed by atoms with van der Waals surface area (Å²) in [4.78, 5) is 0. The molecular formula is C16H26. The standard InChI is InChI=1S/C16H26/c1-5-13-10-11-16(7-3)12(4)8-9-15(16)14(13)6-2/h6,12,15H,2,5,7-11H2,1,3-4H3. The fourth-order valence-electron chi connectivity index (χ4n) is 4.43. The number of rotatable bonds is 3. The molecule has 0 nitrogen and oxygen atoms in total. The van der Waals surface area contributed by atoms with Gasteiger partial charge in [-0.1, -0.05) is 39.0 Å². The van der Waals surface area contributed by atoms with Crippen LogP contribution in [0.5, 0.6) is 0 Å². The van der Waals surface area contributed by atoms with Gasteiger partial charge >= 0.3 is 0 Å². The second-order valence-corrected chi connectivity index (χ2v) is 5.73. The van der Waals surface area contributed by atoms with E-state index >= 15 is 0 Å². The van der Waals surface area contributed by atoms with Crippen molar-refractivity contribution in [3.05, 3.63) is 23.8 Å². The van der Waals surface area contributed by atoms with Crippen LogP contribution in [-0.2, 0) is 0 Å². The zero-order valence-electron chi connectivity index (χ0n) is 11.2. The van der Waals surface area contributed by atoms with Crippen molar-refractivity contribution in [1.29, 1.82) is 0 Å². The molecule has 2 aliphatic carbocycles. The first-order valence-corrected chi connectivity index (χ1v) is 7.04. The summed E-state index contributed by atoms with van der Waals surface area (Å²) in [6.45, 7) is 11.2. The van der Waals surface area contributed by atoms with Gasteiger partial charge in [0.25, 0.3) is 0 Å². The normalized spacial score (nSPS) is 38.7. The van der Waals surface area contributed by atoms with Gasteiger partial charge in [0.05, 0.1) is 0 Å². The van der Waals surface area contributed by atoms with Crippen molar-refractivity contribution in [2.24, 2.45) is 17.3 Å². The van der Waals surface area contributed by atoms with Crippen LogP contribution in [-0.4, -0.2) is 0 Å². The molecule has 1 fully saturated rings. The predicted octanol–water partition coefficient (Wildman–Crippen LogP) is 5.12. The Labute approximate surface area is 101 Å². The van der Waals surface area contributed by atoms with E-state index < -0.39 is 0 Å². The first kappa shape index (κ1) is 12.0. The fourth-order valence-corrected chi connectivity index (χ4v) is 4.43. The van der Waals surface area contributed by atoms with Crippen LogP contribution < -0.4 is 0 Å². The minimum absolute atomic E-state index is 0.613. The van der Waals surface area contributed by atoms with Crippen LogP contribution in [0.25, 0.3) is 0 Å². The molecule has 0 bridgehead atoms. The third-order valence-electron chi connectivity index (χ3n) is 5.54. The van der Waals surface area contributed by atoms with Gasteiger partial charge in [0, 0.05) is 0 Å². The van der Waals surface area contributed by atoms with E-state index in [9.17, 15) is 0 Å². The zero-order valence-corrected chi connectivity index (χ0v) is 11.2. The number of hydrogen-bond acceptors (Lipinski definition) is 0. The number of fused-ring (bicyclic) bond motifs is 1.